The molecule has 0 amide bonds. The number of carbonyl (C=O) groups excluding carboxylic acids is 2. The maximum absolute atomic E-state index is 13.2. The first-order chi connectivity index (χ1) is 24.6. The Morgan fingerprint density at radius 2 is 1.48 bits per heavy atom. The van der Waals surface area contributed by atoms with Crippen LogP contribution in [0.15, 0.2) is 56.8 Å². The van der Waals surface area contributed by atoms with Crippen LogP contribution in [-0.4, -0.2) is 88.8 Å². The minimum Gasteiger partial charge on any atom is -0.462 e. The van der Waals surface area contributed by atoms with E-state index in [1.54, 1.807) is 13.1 Å². The lowest BCUT2D eigenvalue weighted by atomic mass is 9.81. The lowest BCUT2D eigenvalue weighted by Gasteiger charge is -2.50. The predicted octanol–water partition coefficient (Wildman–Crippen LogP) is 9.26. The lowest BCUT2D eigenvalue weighted by Crippen LogP contribution is -2.60. The van der Waals surface area contributed by atoms with Gasteiger partial charge in [-0.25, -0.2) is 14.8 Å². The summed E-state index contributed by atoms with van der Waals surface area (Å²) in [5, 5.41) is 19.1. The fourth-order valence-electron chi connectivity index (χ4n) is 6.58. The predicted molar refractivity (Wildman–Crippen MR) is 219 cm³/mol. The number of ketones is 1. The molecule has 10 nitrogen and oxygen atoms in total. The molecule has 52 heavy (non-hydrogen) atoms. The van der Waals surface area contributed by atoms with Crippen molar-refractivity contribution in [2.24, 2.45) is 15.9 Å². The number of ether oxygens (including phenoxy) is 1. The van der Waals surface area contributed by atoms with Crippen molar-refractivity contribution in [1.29, 1.82) is 10.7 Å². The molecule has 0 aromatic heterocycles. The third kappa shape index (κ3) is 13.6. The van der Waals surface area contributed by atoms with Gasteiger partial charge in [-0.05, 0) is 99.4 Å². The van der Waals surface area contributed by atoms with E-state index >= 15 is 0 Å². The maximum atomic E-state index is 13.2. The van der Waals surface area contributed by atoms with E-state index in [2.05, 4.69) is 89.4 Å². The van der Waals surface area contributed by atoms with Gasteiger partial charge < -0.3 is 24.8 Å². The molecule has 0 radical (unpaired) electrons. The SMILES string of the molecule is CC=C(C(C)N(C)C)C(C(CC)C(=N)CC)N(C(CC)=N/C=C(C(=O)OCC)/C(C)=C/CC)C(C)N(C(CC)=N/C=C(\C#N)C(=O)CCC)C(C)C. The molecule has 0 aliphatic heterocycles. The Kier molecular flexibility index (Phi) is 23.3. The number of esters is 1. The first kappa shape index (κ1) is 48.2. The van der Waals surface area contributed by atoms with Crippen molar-refractivity contribution >= 4 is 29.1 Å². The van der Waals surface area contributed by atoms with Crippen molar-refractivity contribution in [1.82, 2.24) is 14.7 Å². The van der Waals surface area contributed by atoms with Crippen LogP contribution in [0.4, 0.5) is 0 Å². The number of amidine groups is 2. The Morgan fingerprint density at radius 3 is 1.90 bits per heavy atom. The fourth-order valence-corrected chi connectivity index (χ4v) is 6.58. The molecule has 0 aromatic carbocycles. The van der Waals surface area contributed by atoms with Crippen LogP contribution in [0, 0.1) is 22.7 Å². The number of hydrogen-bond acceptors (Lipinski definition) is 8. The van der Waals surface area contributed by atoms with Gasteiger partial charge in [-0.3, -0.25) is 4.79 Å². The van der Waals surface area contributed by atoms with Crippen molar-refractivity contribution in [3.8, 4) is 6.07 Å². The Balaban J connectivity index is 8.44. The van der Waals surface area contributed by atoms with E-state index in [1.807, 2.05) is 40.7 Å². The van der Waals surface area contributed by atoms with Crippen LogP contribution in [0.1, 0.15) is 135 Å². The van der Waals surface area contributed by atoms with Crippen LogP contribution in [0.3, 0.4) is 0 Å². The minimum absolute atomic E-state index is 0.0355. The summed E-state index contributed by atoms with van der Waals surface area (Å²) in [4.78, 5) is 42.6. The van der Waals surface area contributed by atoms with Crippen molar-refractivity contribution in [2.75, 3.05) is 20.7 Å². The topological polar surface area (TPSA) is 125 Å². The second kappa shape index (κ2) is 25.2. The first-order valence-corrected chi connectivity index (χ1v) is 19.4. The number of Topliss-reactive ketones (excluding diaryl/α,β-unsaturated/α-hetero) is 1. The molecular weight excluding hydrogens is 651 g/mol. The fraction of sp³-hybridized carbons (Fsp3) is 0.667. The van der Waals surface area contributed by atoms with Gasteiger partial charge in [-0.2, -0.15) is 5.26 Å². The van der Waals surface area contributed by atoms with Gasteiger partial charge in [0.05, 0.1) is 24.4 Å². The molecule has 292 valence electrons. The Hall–Kier alpha value is -3.84. The highest BCUT2D eigenvalue weighted by atomic mass is 16.5. The van der Waals surface area contributed by atoms with Crippen LogP contribution in [0.2, 0.25) is 0 Å². The van der Waals surface area contributed by atoms with Crippen LogP contribution < -0.4 is 0 Å². The number of aliphatic imine (C=N–C) groups is 2. The molecular formula is C42H71N7O3. The number of nitriles is 1. The van der Waals surface area contributed by atoms with Gasteiger partial charge in [0.1, 0.15) is 29.5 Å². The normalized spacial score (nSPS) is 16.0. The smallest absolute Gasteiger partial charge is 0.339 e. The van der Waals surface area contributed by atoms with Gasteiger partial charge in [0.2, 0.25) is 0 Å². The Bertz CT molecular complexity index is 1390. The largest absolute Gasteiger partial charge is 0.462 e. The third-order valence-electron chi connectivity index (χ3n) is 9.48. The van der Waals surface area contributed by atoms with Gasteiger partial charge >= 0.3 is 5.97 Å². The number of rotatable bonds is 22. The van der Waals surface area contributed by atoms with Crippen molar-refractivity contribution in [3.05, 3.63) is 46.8 Å². The van der Waals surface area contributed by atoms with Gasteiger partial charge in [0.25, 0.3) is 0 Å². The average Bonchev–Trinajstić information content (AvgIpc) is 3.10. The van der Waals surface area contributed by atoms with E-state index in [4.69, 9.17) is 14.7 Å². The zero-order valence-electron chi connectivity index (χ0n) is 35.3. The summed E-state index contributed by atoms with van der Waals surface area (Å²) >= 11 is 0. The molecule has 0 spiro atoms. The van der Waals surface area contributed by atoms with E-state index in [0.29, 0.717) is 43.4 Å². The van der Waals surface area contributed by atoms with E-state index in [-0.39, 0.29) is 48.2 Å². The van der Waals surface area contributed by atoms with Crippen molar-refractivity contribution in [3.63, 3.8) is 0 Å². The molecule has 0 saturated heterocycles. The van der Waals surface area contributed by atoms with E-state index in [9.17, 15) is 20.3 Å². The quantitative estimate of drug-likeness (QED) is 0.0173. The Labute approximate surface area is 317 Å². The summed E-state index contributed by atoms with van der Waals surface area (Å²) in [5.74, 6) is 0.705. The molecule has 0 aliphatic carbocycles. The summed E-state index contributed by atoms with van der Waals surface area (Å²) in [6.45, 7) is 26.8. The lowest BCUT2D eigenvalue weighted by molar-refractivity contribution is -0.138. The van der Waals surface area contributed by atoms with E-state index < -0.39 is 5.97 Å². The zero-order chi connectivity index (χ0) is 40.1. The van der Waals surface area contributed by atoms with Crippen molar-refractivity contribution < 1.29 is 14.3 Å². The summed E-state index contributed by atoms with van der Waals surface area (Å²) in [7, 11) is 4.14. The minimum atomic E-state index is -0.420. The highest BCUT2D eigenvalue weighted by Crippen LogP contribution is 2.32. The van der Waals surface area contributed by atoms with Crippen LogP contribution >= 0.6 is 0 Å². The number of allylic oxidation sites excluding steroid dienone is 3. The van der Waals surface area contributed by atoms with Crippen molar-refractivity contribution in [2.45, 2.75) is 159 Å². The number of likely N-dealkylation sites (N-methyl/N-ethyl adjacent to an activating group) is 1. The van der Waals surface area contributed by atoms with Gasteiger partial charge in [0.15, 0.2) is 5.78 Å². The molecule has 0 bridgehead atoms. The molecule has 0 heterocycles. The molecule has 10 heteroatoms. The summed E-state index contributed by atoms with van der Waals surface area (Å²) in [6.07, 6.45) is 11.0. The summed E-state index contributed by atoms with van der Waals surface area (Å²) < 4.78 is 5.46. The second-order valence-electron chi connectivity index (χ2n) is 13.5. The highest BCUT2D eigenvalue weighted by Gasteiger charge is 2.40. The summed E-state index contributed by atoms with van der Waals surface area (Å²) in [5.41, 5.74) is 3.07. The van der Waals surface area contributed by atoms with E-state index in [0.717, 1.165) is 35.7 Å². The van der Waals surface area contributed by atoms with Crippen LogP contribution in [0.25, 0.3) is 0 Å². The molecule has 1 N–H and O–H groups in total. The summed E-state index contributed by atoms with van der Waals surface area (Å²) in [6, 6.07) is 1.79. The van der Waals surface area contributed by atoms with Crippen LogP contribution in [-0.2, 0) is 14.3 Å². The van der Waals surface area contributed by atoms with Gasteiger partial charge in [-0.15, -0.1) is 0 Å². The zero-order valence-corrected chi connectivity index (χ0v) is 35.3. The molecule has 4 unspecified atom stereocenters. The molecule has 0 aromatic rings. The molecule has 0 rings (SSSR count). The Morgan fingerprint density at radius 1 is 0.904 bits per heavy atom. The number of hydrogen-bond donors (Lipinski definition) is 1. The van der Waals surface area contributed by atoms with Gasteiger partial charge in [-0.1, -0.05) is 53.7 Å². The number of nitrogens with zero attached hydrogens (tertiary/aromatic N) is 6. The van der Waals surface area contributed by atoms with E-state index in [1.165, 1.54) is 6.20 Å². The molecule has 0 fully saturated rings. The molecule has 0 aliphatic rings. The third-order valence-corrected chi connectivity index (χ3v) is 9.48. The standard InChI is InChI=1S/C42H71N7O3/c1-16-24-30(11)36(42(51)52-23-8)28-46-40(22-7)49(41(35(19-4)37(44)20-5)34(18-3)31(12)47(14)15)32(13)48(29(9)10)39(21-6)45-27-33(26-43)38(50)25-17-2/h18,24,27-29,31-32,35,41,44H,16-17,19-23,25H2,1-15H3/b30-24+,33-27+,34-18?,36-28-,44-37?,45-39?,46-40?. The molecule has 0 saturated carbocycles. The maximum Gasteiger partial charge on any atom is 0.339 e. The number of nitrogens with one attached hydrogen (secondary N) is 1. The highest BCUT2D eigenvalue weighted by molar-refractivity contribution is 5.99. The van der Waals surface area contributed by atoms with Crippen LogP contribution in [0.5, 0.6) is 0 Å². The first-order valence-electron chi connectivity index (χ1n) is 19.4. The molecule has 4 atom stereocenters. The van der Waals surface area contributed by atoms with Gasteiger partial charge in [0, 0.05) is 49.2 Å². The number of carbonyl (C=O) groups is 2. The average molecular weight is 722 g/mol. The monoisotopic (exact) mass is 722 g/mol. The second-order valence-corrected chi connectivity index (χ2v) is 13.5.